The molecule has 1 amide bonds. The van der Waals surface area contributed by atoms with Gasteiger partial charge in [0.2, 0.25) is 0 Å². The molecule has 0 aliphatic heterocycles. The first-order chi connectivity index (χ1) is 12.7. The predicted octanol–water partition coefficient (Wildman–Crippen LogP) is 4.05. The van der Waals surface area contributed by atoms with Crippen LogP contribution in [-0.4, -0.2) is 37.5 Å². The van der Waals surface area contributed by atoms with Gasteiger partial charge in [0.05, 0.1) is 27.9 Å². The second-order valence-electron chi connectivity index (χ2n) is 5.65. The van der Waals surface area contributed by atoms with E-state index < -0.39 is 18.5 Å². The number of likely N-dealkylation sites (N-methyl/N-ethyl adjacent to an activating group) is 1. The number of anilines is 1. The molecule has 9 heteroatoms. The molecule has 0 saturated carbocycles. The number of hydrogen-bond acceptors (Lipinski definition) is 5. The van der Waals surface area contributed by atoms with Gasteiger partial charge in [0.25, 0.3) is 5.91 Å². The number of ether oxygens (including phenoxy) is 2. The fourth-order valence-corrected chi connectivity index (χ4v) is 2.70. The van der Waals surface area contributed by atoms with Gasteiger partial charge in [0, 0.05) is 19.7 Å². The Morgan fingerprint density at radius 1 is 1.07 bits per heavy atom. The van der Waals surface area contributed by atoms with Crippen molar-refractivity contribution in [1.82, 2.24) is 4.90 Å². The molecule has 0 heterocycles. The van der Waals surface area contributed by atoms with Crippen molar-refractivity contribution >= 4 is 52.4 Å². The van der Waals surface area contributed by atoms with Crippen LogP contribution in [0.15, 0.2) is 30.3 Å². The van der Waals surface area contributed by atoms with Crippen LogP contribution in [0.5, 0.6) is 5.75 Å². The van der Waals surface area contributed by atoms with Gasteiger partial charge in [-0.25, -0.2) is 4.79 Å². The number of amides is 1. The number of carbonyl (C=O) groups is 2. The van der Waals surface area contributed by atoms with E-state index in [1.165, 1.54) is 24.1 Å². The Balaban J connectivity index is 1.99. The lowest BCUT2D eigenvalue weighted by molar-refractivity contribution is -0.133. The highest BCUT2D eigenvalue weighted by Gasteiger charge is 2.19. The third-order valence-corrected chi connectivity index (χ3v) is 4.76. The highest BCUT2D eigenvalue weighted by molar-refractivity contribution is 6.42. The maximum absolute atomic E-state index is 12.3. The van der Waals surface area contributed by atoms with Crippen molar-refractivity contribution in [3.8, 4) is 5.75 Å². The van der Waals surface area contributed by atoms with E-state index in [9.17, 15) is 9.59 Å². The van der Waals surface area contributed by atoms with Crippen LogP contribution in [0, 0.1) is 0 Å². The van der Waals surface area contributed by atoms with E-state index in [0.717, 1.165) is 5.56 Å². The summed E-state index contributed by atoms with van der Waals surface area (Å²) < 4.78 is 10.2. The minimum Gasteiger partial charge on any atom is -0.496 e. The van der Waals surface area contributed by atoms with E-state index in [1.54, 1.807) is 25.2 Å². The largest absolute Gasteiger partial charge is 0.496 e. The summed E-state index contributed by atoms with van der Waals surface area (Å²) in [7, 11) is 2.97. The molecule has 0 aliphatic carbocycles. The maximum atomic E-state index is 12.3. The van der Waals surface area contributed by atoms with Gasteiger partial charge in [-0.2, -0.15) is 0 Å². The average Bonchev–Trinajstić information content (AvgIpc) is 2.64. The summed E-state index contributed by atoms with van der Waals surface area (Å²) in [5.41, 5.74) is 6.81. The Labute approximate surface area is 171 Å². The van der Waals surface area contributed by atoms with Gasteiger partial charge in [-0.15, -0.1) is 0 Å². The molecule has 0 aromatic heterocycles. The summed E-state index contributed by atoms with van der Waals surface area (Å²) >= 11 is 17.8. The molecule has 2 rings (SSSR count). The number of esters is 1. The highest BCUT2D eigenvalue weighted by atomic mass is 35.5. The summed E-state index contributed by atoms with van der Waals surface area (Å²) in [6, 6.07) is 7.82. The maximum Gasteiger partial charge on any atom is 0.342 e. The lowest BCUT2D eigenvalue weighted by Gasteiger charge is -2.18. The molecule has 0 aliphatic rings. The number of nitrogen functional groups attached to an aromatic ring is 1. The van der Waals surface area contributed by atoms with E-state index in [4.69, 9.17) is 50.0 Å². The summed E-state index contributed by atoms with van der Waals surface area (Å²) in [6.45, 7) is -0.161. The van der Waals surface area contributed by atoms with Gasteiger partial charge in [-0.05, 0) is 23.8 Å². The predicted molar refractivity (Wildman–Crippen MR) is 106 cm³/mol. The number of hydrogen-bond donors (Lipinski definition) is 1. The molecule has 0 spiro atoms. The molecule has 6 nitrogen and oxygen atoms in total. The zero-order chi connectivity index (χ0) is 20.1. The Morgan fingerprint density at radius 3 is 2.41 bits per heavy atom. The zero-order valence-corrected chi connectivity index (χ0v) is 16.9. The molecular weight excluding hydrogens is 415 g/mol. The first kappa shape index (κ1) is 21.2. The van der Waals surface area contributed by atoms with Crippen LogP contribution in [0.4, 0.5) is 5.69 Å². The molecule has 0 bridgehead atoms. The van der Waals surface area contributed by atoms with Crippen molar-refractivity contribution < 1.29 is 19.1 Å². The quantitative estimate of drug-likeness (QED) is 0.551. The van der Waals surface area contributed by atoms with Gasteiger partial charge in [0.15, 0.2) is 6.61 Å². The lowest BCUT2D eigenvalue weighted by Crippen LogP contribution is -2.30. The number of halogens is 3. The van der Waals surface area contributed by atoms with Crippen LogP contribution in [0.2, 0.25) is 15.1 Å². The lowest BCUT2D eigenvalue weighted by atomic mass is 10.2. The highest BCUT2D eigenvalue weighted by Crippen LogP contribution is 2.29. The van der Waals surface area contributed by atoms with E-state index in [2.05, 4.69) is 0 Å². The SMILES string of the molecule is COc1cc(N)c(Cl)cc1C(=O)OCC(=O)N(C)Cc1ccc(Cl)c(Cl)c1. The number of benzene rings is 2. The van der Waals surface area contributed by atoms with Crippen molar-refractivity contribution in [1.29, 1.82) is 0 Å². The van der Waals surface area contributed by atoms with Gasteiger partial charge in [-0.3, -0.25) is 4.79 Å². The fourth-order valence-electron chi connectivity index (χ4n) is 2.21. The van der Waals surface area contributed by atoms with Crippen LogP contribution < -0.4 is 10.5 Å². The molecular formula is C18H17Cl3N2O4. The molecule has 0 atom stereocenters. The molecule has 0 radical (unpaired) electrons. The number of carbonyl (C=O) groups excluding carboxylic acids is 2. The van der Waals surface area contributed by atoms with E-state index in [-0.39, 0.29) is 28.6 Å². The molecule has 27 heavy (non-hydrogen) atoms. The summed E-state index contributed by atoms with van der Waals surface area (Å²) in [5.74, 6) is -0.932. The first-order valence-electron chi connectivity index (χ1n) is 7.71. The summed E-state index contributed by atoms with van der Waals surface area (Å²) in [6.07, 6.45) is 0. The molecule has 2 N–H and O–H groups in total. The van der Waals surface area contributed by atoms with Crippen LogP contribution in [0.1, 0.15) is 15.9 Å². The van der Waals surface area contributed by atoms with Crippen molar-refractivity contribution in [2.24, 2.45) is 0 Å². The van der Waals surface area contributed by atoms with Gasteiger partial charge < -0.3 is 20.1 Å². The zero-order valence-electron chi connectivity index (χ0n) is 14.6. The number of nitrogens with zero attached hydrogens (tertiary/aromatic N) is 1. The third kappa shape index (κ3) is 5.42. The fraction of sp³-hybridized carbons (Fsp3) is 0.222. The molecule has 0 fully saturated rings. The van der Waals surface area contributed by atoms with Crippen molar-refractivity contribution in [3.05, 3.63) is 56.5 Å². The first-order valence-corrected chi connectivity index (χ1v) is 8.84. The molecule has 144 valence electrons. The average molecular weight is 432 g/mol. The number of nitrogens with two attached hydrogens (primary N) is 1. The van der Waals surface area contributed by atoms with Crippen LogP contribution in [-0.2, 0) is 16.1 Å². The van der Waals surface area contributed by atoms with Gasteiger partial charge >= 0.3 is 5.97 Å². The minimum absolute atomic E-state index is 0.0802. The van der Waals surface area contributed by atoms with Crippen molar-refractivity contribution in [2.45, 2.75) is 6.54 Å². The van der Waals surface area contributed by atoms with E-state index in [0.29, 0.717) is 10.0 Å². The number of rotatable bonds is 6. The van der Waals surface area contributed by atoms with Crippen LogP contribution in [0.25, 0.3) is 0 Å². The monoisotopic (exact) mass is 430 g/mol. The normalized spacial score (nSPS) is 10.4. The molecule has 2 aromatic carbocycles. The second kappa shape index (κ2) is 9.17. The molecule has 0 unspecified atom stereocenters. The minimum atomic E-state index is -0.745. The Bertz CT molecular complexity index is 874. The second-order valence-corrected chi connectivity index (χ2v) is 6.87. The van der Waals surface area contributed by atoms with E-state index >= 15 is 0 Å². The third-order valence-electron chi connectivity index (χ3n) is 3.69. The molecule has 2 aromatic rings. The van der Waals surface area contributed by atoms with Crippen molar-refractivity contribution in [3.63, 3.8) is 0 Å². The number of methoxy groups -OCH3 is 1. The molecule has 0 saturated heterocycles. The van der Waals surface area contributed by atoms with Crippen molar-refractivity contribution in [2.75, 3.05) is 26.5 Å². The Morgan fingerprint density at radius 2 is 1.78 bits per heavy atom. The van der Waals surface area contributed by atoms with Gasteiger partial charge in [0.1, 0.15) is 11.3 Å². The van der Waals surface area contributed by atoms with Crippen LogP contribution >= 0.6 is 34.8 Å². The Hall–Kier alpha value is -2.15. The van der Waals surface area contributed by atoms with E-state index in [1.807, 2.05) is 0 Å². The Kier molecular flexibility index (Phi) is 7.18. The van der Waals surface area contributed by atoms with Gasteiger partial charge in [-0.1, -0.05) is 40.9 Å². The summed E-state index contributed by atoms with van der Waals surface area (Å²) in [5, 5.41) is 1.01. The smallest absolute Gasteiger partial charge is 0.342 e. The standard InChI is InChI=1S/C18H17Cl3N2O4/c1-23(8-10-3-4-12(19)13(20)5-10)17(24)9-27-18(25)11-6-14(21)15(22)7-16(11)26-2/h3-7H,8-9,22H2,1-2H3. The van der Waals surface area contributed by atoms with Crippen LogP contribution in [0.3, 0.4) is 0 Å². The summed E-state index contributed by atoms with van der Waals surface area (Å²) in [4.78, 5) is 25.9. The topological polar surface area (TPSA) is 81.9 Å².